The molecule has 1 aromatic heterocycles. The summed E-state index contributed by atoms with van der Waals surface area (Å²) in [7, 11) is 0. The van der Waals surface area contributed by atoms with E-state index >= 15 is 0 Å². The number of amides is 2. The van der Waals surface area contributed by atoms with Crippen molar-refractivity contribution in [1.29, 1.82) is 0 Å². The van der Waals surface area contributed by atoms with Crippen LogP contribution in [0.5, 0.6) is 0 Å². The molecule has 2 heterocycles. The summed E-state index contributed by atoms with van der Waals surface area (Å²) < 4.78 is 5.30. The van der Waals surface area contributed by atoms with Crippen molar-refractivity contribution in [3.63, 3.8) is 0 Å². The number of halogens is 2. The fraction of sp³-hybridized carbons (Fsp3) is 0.421. The molecule has 7 nitrogen and oxygen atoms in total. The lowest BCUT2D eigenvalue weighted by atomic mass is 9.96. The first-order chi connectivity index (χ1) is 13.0. The van der Waals surface area contributed by atoms with Crippen LogP contribution in [0.2, 0.25) is 5.02 Å². The summed E-state index contributed by atoms with van der Waals surface area (Å²) in [5.74, 6) is -0.0610. The number of benzene rings is 1. The van der Waals surface area contributed by atoms with Crippen LogP contribution in [-0.4, -0.2) is 48.0 Å². The summed E-state index contributed by atoms with van der Waals surface area (Å²) in [6.07, 6.45) is 1.51. The van der Waals surface area contributed by atoms with Gasteiger partial charge in [-0.05, 0) is 25.8 Å². The molecular weight excluding hydrogens is 403 g/mol. The largest absolute Gasteiger partial charge is 0.360 e. The lowest BCUT2D eigenvalue weighted by Gasteiger charge is -2.32. The predicted molar refractivity (Wildman–Crippen MR) is 110 cm³/mol. The zero-order valence-electron chi connectivity index (χ0n) is 15.6. The second-order valence-electron chi connectivity index (χ2n) is 6.61. The lowest BCUT2D eigenvalue weighted by Crippen LogP contribution is -2.46. The molecule has 2 aromatic rings. The molecule has 28 heavy (non-hydrogen) atoms. The molecule has 2 amide bonds. The summed E-state index contributed by atoms with van der Waals surface area (Å²) in [6.45, 7) is 3.48. The van der Waals surface area contributed by atoms with E-state index in [1.807, 2.05) is 12.1 Å². The Morgan fingerprint density at radius 1 is 1.39 bits per heavy atom. The van der Waals surface area contributed by atoms with E-state index in [-0.39, 0.29) is 30.1 Å². The fourth-order valence-corrected chi connectivity index (χ4v) is 3.56. The SMILES string of the molecule is Cc1onc(-c2ccccc2Cl)c1C(=O)N1CCCC(C(=O)NCCN)C1.Cl. The van der Waals surface area contributed by atoms with Gasteiger partial charge in [-0.2, -0.15) is 0 Å². The van der Waals surface area contributed by atoms with Crippen molar-refractivity contribution in [1.82, 2.24) is 15.4 Å². The fourth-order valence-electron chi connectivity index (χ4n) is 3.33. The molecule has 9 heteroatoms. The van der Waals surface area contributed by atoms with Crippen molar-refractivity contribution < 1.29 is 14.1 Å². The molecule has 152 valence electrons. The average Bonchev–Trinajstić information content (AvgIpc) is 3.07. The molecule has 1 saturated heterocycles. The Labute approximate surface area is 175 Å². The third kappa shape index (κ3) is 4.66. The first kappa shape index (κ1) is 22.2. The zero-order chi connectivity index (χ0) is 19.4. The third-order valence-electron chi connectivity index (χ3n) is 4.73. The Balaban J connectivity index is 0.00000280. The van der Waals surface area contributed by atoms with E-state index in [1.54, 1.807) is 24.0 Å². The van der Waals surface area contributed by atoms with E-state index in [2.05, 4.69) is 10.5 Å². The van der Waals surface area contributed by atoms with Gasteiger partial charge in [0.05, 0.1) is 10.9 Å². The highest BCUT2D eigenvalue weighted by Crippen LogP contribution is 2.32. The van der Waals surface area contributed by atoms with Crippen molar-refractivity contribution in [2.75, 3.05) is 26.2 Å². The second-order valence-corrected chi connectivity index (χ2v) is 7.02. The minimum absolute atomic E-state index is 0. The van der Waals surface area contributed by atoms with Crippen molar-refractivity contribution in [2.45, 2.75) is 19.8 Å². The van der Waals surface area contributed by atoms with Gasteiger partial charge in [0.1, 0.15) is 17.0 Å². The smallest absolute Gasteiger partial charge is 0.259 e. The molecule has 3 rings (SSSR count). The van der Waals surface area contributed by atoms with Gasteiger partial charge >= 0.3 is 0 Å². The van der Waals surface area contributed by atoms with E-state index in [0.717, 1.165) is 12.8 Å². The molecule has 1 atom stereocenters. The Kier molecular flexibility index (Phi) is 7.86. The van der Waals surface area contributed by atoms with Gasteiger partial charge in [-0.1, -0.05) is 35.0 Å². The van der Waals surface area contributed by atoms with E-state index in [9.17, 15) is 9.59 Å². The second kappa shape index (κ2) is 9.91. The number of rotatable bonds is 5. The topological polar surface area (TPSA) is 101 Å². The van der Waals surface area contributed by atoms with Crippen molar-refractivity contribution >= 4 is 35.8 Å². The maximum absolute atomic E-state index is 13.2. The monoisotopic (exact) mass is 426 g/mol. The number of likely N-dealkylation sites (tertiary alicyclic amines) is 1. The normalized spacial score (nSPS) is 16.4. The summed E-state index contributed by atoms with van der Waals surface area (Å²) in [5, 5.41) is 7.36. The van der Waals surface area contributed by atoms with E-state index in [0.29, 0.717) is 53.8 Å². The number of hydrogen-bond acceptors (Lipinski definition) is 5. The Morgan fingerprint density at radius 3 is 2.86 bits per heavy atom. The number of aromatic nitrogens is 1. The quantitative estimate of drug-likeness (QED) is 0.764. The minimum atomic E-state index is -0.238. The van der Waals surface area contributed by atoms with Crippen LogP contribution < -0.4 is 11.1 Å². The molecule has 0 spiro atoms. The molecule has 1 aliphatic heterocycles. The Bertz CT molecular complexity index is 840. The number of piperidine rings is 1. The molecule has 1 unspecified atom stereocenters. The first-order valence-corrected chi connectivity index (χ1v) is 9.39. The van der Waals surface area contributed by atoms with Crippen LogP contribution in [-0.2, 0) is 4.79 Å². The van der Waals surface area contributed by atoms with Crippen LogP contribution in [0.15, 0.2) is 28.8 Å². The van der Waals surface area contributed by atoms with Crippen LogP contribution >= 0.6 is 24.0 Å². The van der Waals surface area contributed by atoms with Crippen LogP contribution in [0.25, 0.3) is 11.3 Å². The van der Waals surface area contributed by atoms with Gasteiger partial charge in [-0.25, -0.2) is 0 Å². The zero-order valence-corrected chi connectivity index (χ0v) is 17.2. The molecule has 0 aliphatic carbocycles. The number of carbonyl (C=O) groups is 2. The molecule has 1 fully saturated rings. The van der Waals surface area contributed by atoms with Gasteiger partial charge in [-0.3, -0.25) is 9.59 Å². The number of aryl methyl sites for hydroxylation is 1. The number of nitrogens with two attached hydrogens (primary N) is 1. The van der Waals surface area contributed by atoms with Gasteiger partial charge in [0.25, 0.3) is 5.91 Å². The van der Waals surface area contributed by atoms with Crippen LogP contribution in [0.3, 0.4) is 0 Å². The maximum atomic E-state index is 13.2. The van der Waals surface area contributed by atoms with Gasteiger partial charge in [0.2, 0.25) is 5.91 Å². The predicted octanol–water partition coefficient (Wildman–Crippen LogP) is 2.65. The molecule has 1 aromatic carbocycles. The molecule has 3 N–H and O–H groups in total. The van der Waals surface area contributed by atoms with Gasteiger partial charge in [0.15, 0.2) is 0 Å². The van der Waals surface area contributed by atoms with Crippen molar-refractivity contribution in [3.05, 3.63) is 40.6 Å². The van der Waals surface area contributed by atoms with Crippen LogP contribution in [0, 0.1) is 12.8 Å². The highest BCUT2D eigenvalue weighted by atomic mass is 35.5. The number of hydrogen-bond donors (Lipinski definition) is 2. The van der Waals surface area contributed by atoms with Crippen LogP contribution in [0.1, 0.15) is 29.0 Å². The molecular formula is C19H24Cl2N4O3. The highest BCUT2D eigenvalue weighted by Gasteiger charge is 2.32. The lowest BCUT2D eigenvalue weighted by molar-refractivity contribution is -0.126. The standard InChI is InChI=1S/C19H23ClN4O3.ClH/c1-12-16(17(23-27-12)14-6-2-3-7-15(14)20)19(26)24-10-4-5-13(11-24)18(25)22-9-8-21;/h2-3,6-7,13H,4-5,8-11,21H2,1H3,(H,22,25);1H. The number of carbonyl (C=O) groups excluding carboxylic acids is 2. The van der Waals surface area contributed by atoms with Gasteiger partial charge in [-0.15, -0.1) is 12.4 Å². The van der Waals surface area contributed by atoms with Crippen molar-refractivity contribution in [3.8, 4) is 11.3 Å². The van der Waals surface area contributed by atoms with E-state index in [4.69, 9.17) is 21.9 Å². The van der Waals surface area contributed by atoms with Crippen molar-refractivity contribution in [2.24, 2.45) is 11.7 Å². The maximum Gasteiger partial charge on any atom is 0.259 e. The number of nitrogens with one attached hydrogen (secondary N) is 1. The Hall–Kier alpha value is -2.09. The summed E-state index contributed by atoms with van der Waals surface area (Å²) >= 11 is 6.27. The molecule has 0 saturated carbocycles. The molecule has 0 radical (unpaired) electrons. The molecule has 0 bridgehead atoms. The number of nitrogens with zero attached hydrogens (tertiary/aromatic N) is 2. The Morgan fingerprint density at radius 2 is 2.14 bits per heavy atom. The van der Waals surface area contributed by atoms with Gasteiger partial charge < -0.3 is 20.5 Å². The first-order valence-electron chi connectivity index (χ1n) is 9.01. The summed E-state index contributed by atoms with van der Waals surface area (Å²) in [4.78, 5) is 27.1. The van der Waals surface area contributed by atoms with Gasteiger partial charge in [0, 0.05) is 31.7 Å². The molecule has 1 aliphatic rings. The summed E-state index contributed by atoms with van der Waals surface area (Å²) in [5.41, 5.74) is 6.91. The highest BCUT2D eigenvalue weighted by molar-refractivity contribution is 6.33. The minimum Gasteiger partial charge on any atom is -0.360 e. The summed E-state index contributed by atoms with van der Waals surface area (Å²) in [6, 6.07) is 7.19. The van der Waals surface area contributed by atoms with E-state index < -0.39 is 0 Å². The van der Waals surface area contributed by atoms with E-state index in [1.165, 1.54) is 0 Å². The average molecular weight is 427 g/mol. The van der Waals surface area contributed by atoms with Crippen LogP contribution in [0.4, 0.5) is 0 Å². The third-order valence-corrected chi connectivity index (χ3v) is 5.06.